The summed E-state index contributed by atoms with van der Waals surface area (Å²) in [5.74, 6) is 0.882. The second-order valence-electron chi connectivity index (χ2n) is 6.09. The zero-order valence-electron chi connectivity index (χ0n) is 14.0. The number of sulfonamides is 1. The van der Waals surface area contributed by atoms with Crippen LogP contribution in [0.1, 0.15) is 5.56 Å². The molecule has 134 valence electrons. The molecule has 0 atom stereocenters. The van der Waals surface area contributed by atoms with E-state index in [1.54, 1.807) is 18.3 Å². The SMILES string of the molecule is CN1CCN(c2cc(CNS(=O)(=O)c3cccc(Cl)c3)ccn2)CC1. The number of nitrogens with zero attached hydrogens (tertiary/aromatic N) is 3. The lowest BCUT2D eigenvalue weighted by Crippen LogP contribution is -2.44. The number of likely N-dealkylation sites (N-methyl/N-ethyl adjacent to an activating group) is 1. The Hall–Kier alpha value is -1.67. The normalized spacial score (nSPS) is 16.2. The Morgan fingerprint density at radius 1 is 1.16 bits per heavy atom. The number of rotatable bonds is 5. The quantitative estimate of drug-likeness (QED) is 0.859. The molecule has 1 N–H and O–H groups in total. The number of hydrogen-bond donors (Lipinski definition) is 1. The van der Waals surface area contributed by atoms with Crippen molar-refractivity contribution in [2.75, 3.05) is 38.1 Å². The first-order valence-electron chi connectivity index (χ1n) is 8.08. The second kappa shape index (κ2) is 7.70. The van der Waals surface area contributed by atoms with E-state index in [0.717, 1.165) is 37.6 Å². The lowest BCUT2D eigenvalue weighted by atomic mass is 10.2. The van der Waals surface area contributed by atoms with Crippen molar-refractivity contribution in [1.82, 2.24) is 14.6 Å². The summed E-state index contributed by atoms with van der Waals surface area (Å²) < 4.78 is 27.4. The van der Waals surface area contributed by atoms with Gasteiger partial charge < -0.3 is 9.80 Å². The predicted octanol–water partition coefficient (Wildman–Crippen LogP) is 1.97. The summed E-state index contributed by atoms with van der Waals surface area (Å²) in [6.07, 6.45) is 1.72. The molecule has 0 radical (unpaired) electrons. The Bertz CT molecular complexity index is 836. The van der Waals surface area contributed by atoms with E-state index in [1.165, 1.54) is 12.1 Å². The molecule has 0 spiro atoms. The number of nitrogens with one attached hydrogen (secondary N) is 1. The molecular formula is C17H21ClN4O2S. The fraction of sp³-hybridized carbons (Fsp3) is 0.353. The average Bonchev–Trinajstić information content (AvgIpc) is 2.61. The molecule has 0 bridgehead atoms. The van der Waals surface area contributed by atoms with Gasteiger partial charge in [0, 0.05) is 43.9 Å². The van der Waals surface area contributed by atoms with Gasteiger partial charge in [0.2, 0.25) is 10.0 Å². The summed E-state index contributed by atoms with van der Waals surface area (Å²) >= 11 is 5.88. The third kappa shape index (κ3) is 4.70. The average molecular weight is 381 g/mol. The Morgan fingerprint density at radius 2 is 1.92 bits per heavy atom. The van der Waals surface area contributed by atoms with Crippen LogP contribution in [0.25, 0.3) is 0 Å². The van der Waals surface area contributed by atoms with Crippen molar-refractivity contribution in [2.45, 2.75) is 11.4 Å². The zero-order valence-corrected chi connectivity index (χ0v) is 15.6. The molecule has 2 aromatic rings. The molecule has 1 aliphatic rings. The fourth-order valence-electron chi connectivity index (χ4n) is 2.67. The van der Waals surface area contributed by atoms with Crippen molar-refractivity contribution in [3.63, 3.8) is 0 Å². The number of pyridine rings is 1. The van der Waals surface area contributed by atoms with Gasteiger partial charge in [-0.2, -0.15) is 0 Å². The van der Waals surface area contributed by atoms with Crippen molar-refractivity contribution in [3.05, 3.63) is 53.2 Å². The van der Waals surface area contributed by atoms with Gasteiger partial charge in [0.1, 0.15) is 5.82 Å². The van der Waals surface area contributed by atoms with E-state index in [0.29, 0.717) is 5.02 Å². The van der Waals surface area contributed by atoms with Gasteiger partial charge in [-0.15, -0.1) is 0 Å². The van der Waals surface area contributed by atoms with Crippen LogP contribution in [0, 0.1) is 0 Å². The van der Waals surface area contributed by atoms with Crippen LogP contribution in [-0.4, -0.2) is 51.5 Å². The van der Waals surface area contributed by atoms with Crippen molar-refractivity contribution in [1.29, 1.82) is 0 Å². The Kier molecular flexibility index (Phi) is 5.58. The molecule has 1 aromatic heterocycles. The van der Waals surface area contributed by atoms with Gasteiger partial charge in [-0.1, -0.05) is 17.7 Å². The number of hydrogen-bond acceptors (Lipinski definition) is 5. The standard InChI is InChI=1S/C17H21ClN4O2S/c1-21-7-9-22(10-8-21)17-11-14(5-6-19-17)13-20-25(23,24)16-4-2-3-15(18)12-16/h2-6,11-12,20H,7-10,13H2,1H3. The van der Waals surface area contributed by atoms with Crippen molar-refractivity contribution in [2.24, 2.45) is 0 Å². The predicted molar refractivity (Wildman–Crippen MR) is 99.4 cm³/mol. The van der Waals surface area contributed by atoms with Crippen LogP contribution in [-0.2, 0) is 16.6 Å². The van der Waals surface area contributed by atoms with Crippen LogP contribution in [0.15, 0.2) is 47.5 Å². The van der Waals surface area contributed by atoms with E-state index in [1.807, 2.05) is 12.1 Å². The Morgan fingerprint density at radius 3 is 2.64 bits per heavy atom. The highest BCUT2D eigenvalue weighted by Gasteiger charge is 2.17. The Labute approximate surface area is 153 Å². The van der Waals surface area contributed by atoms with E-state index in [2.05, 4.69) is 26.6 Å². The summed E-state index contributed by atoms with van der Waals surface area (Å²) in [7, 11) is -1.50. The fourth-order valence-corrected chi connectivity index (χ4v) is 3.99. The zero-order chi connectivity index (χ0) is 17.9. The van der Waals surface area contributed by atoms with Gasteiger partial charge in [-0.3, -0.25) is 0 Å². The summed E-state index contributed by atoms with van der Waals surface area (Å²) in [5.41, 5.74) is 0.870. The summed E-state index contributed by atoms with van der Waals surface area (Å²) in [6, 6.07) is 9.98. The van der Waals surface area contributed by atoms with Crippen LogP contribution in [0.5, 0.6) is 0 Å². The van der Waals surface area contributed by atoms with Crippen molar-refractivity contribution >= 4 is 27.4 Å². The van der Waals surface area contributed by atoms with Gasteiger partial charge in [-0.05, 0) is 42.9 Å². The maximum absolute atomic E-state index is 12.4. The molecule has 0 aliphatic carbocycles. The van der Waals surface area contributed by atoms with E-state index >= 15 is 0 Å². The van der Waals surface area contributed by atoms with Crippen molar-refractivity contribution in [3.8, 4) is 0 Å². The van der Waals surface area contributed by atoms with Crippen LogP contribution < -0.4 is 9.62 Å². The number of piperazine rings is 1. The molecule has 1 saturated heterocycles. The van der Waals surface area contributed by atoms with Gasteiger partial charge in [-0.25, -0.2) is 18.1 Å². The molecule has 1 aliphatic heterocycles. The highest BCUT2D eigenvalue weighted by Crippen LogP contribution is 2.17. The highest BCUT2D eigenvalue weighted by atomic mass is 35.5. The first kappa shape index (κ1) is 18.1. The van der Waals surface area contributed by atoms with E-state index < -0.39 is 10.0 Å². The summed E-state index contributed by atoms with van der Waals surface area (Å²) in [4.78, 5) is 9.07. The first-order valence-corrected chi connectivity index (χ1v) is 9.94. The molecule has 1 fully saturated rings. The molecule has 3 rings (SSSR count). The molecule has 0 saturated carbocycles. The third-order valence-electron chi connectivity index (χ3n) is 4.21. The largest absolute Gasteiger partial charge is 0.354 e. The topological polar surface area (TPSA) is 65.5 Å². The molecule has 8 heteroatoms. The van der Waals surface area contributed by atoms with E-state index in [4.69, 9.17) is 11.6 Å². The lowest BCUT2D eigenvalue weighted by molar-refractivity contribution is 0.312. The van der Waals surface area contributed by atoms with Gasteiger partial charge in [0.05, 0.1) is 4.90 Å². The third-order valence-corrected chi connectivity index (χ3v) is 5.84. The summed E-state index contributed by atoms with van der Waals surface area (Å²) in [5, 5.41) is 0.393. The summed E-state index contributed by atoms with van der Waals surface area (Å²) in [6.45, 7) is 4.03. The molecule has 2 heterocycles. The molecule has 0 unspecified atom stereocenters. The number of halogens is 1. The second-order valence-corrected chi connectivity index (χ2v) is 8.30. The minimum absolute atomic E-state index is 0.161. The number of benzene rings is 1. The van der Waals surface area contributed by atoms with Crippen molar-refractivity contribution < 1.29 is 8.42 Å². The van der Waals surface area contributed by atoms with Crippen LogP contribution in [0.3, 0.4) is 0 Å². The molecule has 1 aromatic carbocycles. The highest BCUT2D eigenvalue weighted by molar-refractivity contribution is 7.89. The minimum Gasteiger partial charge on any atom is -0.354 e. The maximum atomic E-state index is 12.4. The van der Waals surface area contributed by atoms with Gasteiger partial charge in [0.25, 0.3) is 0 Å². The first-order chi connectivity index (χ1) is 11.9. The van der Waals surface area contributed by atoms with Gasteiger partial charge in [0.15, 0.2) is 0 Å². The monoisotopic (exact) mass is 380 g/mol. The molecule has 25 heavy (non-hydrogen) atoms. The van der Waals surface area contributed by atoms with Crippen LogP contribution in [0.4, 0.5) is 5.82 Å². The van der Waals surface area contributed by atoms with Gasteiger partial charge >= 0.3 is 0 Å². The van der Waals surface area contributed by atoms with E-state index in [9.17, 15) is 8.42 Å². The minimum atomic E-state index is -3.60. The lowest BCUT2D eigenvalue weighted by Gasteiger charge is -2.33. The maximum Gasteiger partial charge on any atom is 0.240 e. The molecule has 6 nitrogen and oxygen atoms in total. The van der Waals surface area contributed by atoms with E-state index in [-0.39, 0.29) is 11.4 Å². The van der Waals surface area contributed by atoms with Crippen LogP contribution in [0.2, 0.25) is 5.02 Å². The molecular weight excluding hydrogens is 360 g/mol. The number of anilines is 1. The number of aromatic nitrogens is 1. The Balaban J connectivity index is 1.68. The smallest absolute Gasteiger partial charge is 0.240 e. The van der Waals surface area contributed by atoms with Crippen LogP contribution >= 0.6 is 11.6 Å². The molecule has 0 amide bonds.